The molecule has 0 saturated heterocycles. The van der Waals surface area contributed by atoms with Gasteiger partial charge in [-0.1, -0.05) is 30.3 Å². The minimum absolute atomic E-state index is 0.236. The van der Waals surface area contributed by atoms with Crippen molar-refractivity contribution < 1.29 is 28.1 Å². The number of carbonyl (C=O) groups is 1. The molecule has 1 heterocycles. The summed E-state index contributed by atoms with van der Waals surface area (Å²) < 4.78 is 35.1. The molecule has 0 atom stereocenters. The van der Waals surface area contributed by atoms with Gasteiger partial charge >= 0.3 is 0 Å². The van der Waals surface area contributed by atoms with E-state index in [2.05, 4.69) is 36.2 Å². The van der Waals surface area contributed by atoms with Crippen molar-refractivity contribution in [2.75, 3.05) is 69.7 Å². The van der Waals surface area contributed by atoms with Gasteiger partial charge in [0.2, 0.25) is 17.8 Å². The molecule has 244 valence electrons. The number of nitrogens with zero attached hydrogens (tertiary/aromatic N) is 3. The van der Waals surface area contributed by atoms with Gasteiger partial charge in [-0.3, -0.25) is 4.79 Å². The number of halogens is 1. The zero-order chi connectivity index (χ0) is 32.6. The van der Waals surface area contributed by atoms with Crippen LogP contribution in [0.1, 0.15) is 21.5 Å². The second-order valence-electron chi connectivity index (χ2n) is 9.77. The van der Waals surface area contributed by atoms with Gasteiger partial charge in [0.1, 0.15) is 5.82 Å². The Morgan fingerprint density at radius 2 is 1.50 bits per heavy atom. The molecule has 1 amide bonds. The van der Waals surface area contributed by atoms with Gasteiger partial charge in [0.15, 0.2) is 11.5 Å². The van der Waals surface area contributed by atoms with E-state index in [-0.39, 0.29) is 29.6 Å². The van der Waals surface area contributed by atoms with Crippen molar-refractivity contribution in [1.82, 2.24) is 20.3 Å². The summed E-state index contributed by atoms with van der Waals surface area (Å²) in [6, 6.07) is 18.7. The fourth-order valence-electron chi connectivity index (χ4n) is 4.25. The van der Waals surface area contributed by atoms with E-state index >= 15 is 0 Å². The van der Waals surface area contributed by atoms with E-state index in [0.29, 0.717) is 75.4 Å². The number of anilines is 4. The maximum Gasteiger partial charge on any atom is 0.251 e. The number of amides is 1. The quantitative estimate of drug-likeness (QED) is 0.0951. The standard InChI is InChI=1S/C32H39FN8O5/c1-43-27-8-4-6-24(28(27)44-2)21-37-31-39-30(36-20-22-9-11-25(33)12-10-22)40-32(41-31)38-26-7-3-5-23(19-26)29(42)35-14-16-46-18-17-45-15-13-34/h3-12,19H,13-18,20-21,34H2,1-2H3,(H,35,42)(H3,36,37,38,39,40,41). The van der Waals surface area contributed by atoms with Crippen molar-refractivity contribution in [1.29, 1.82) is 0 Å². The number of rotatable bonds is 19. The topological polar surface area (TPSA) is 167 Å². The fraction of sp³-hybridized carbons (Fsp3) is 0.312. The van der Waals surface area contributed by atoms with Crippen LogP contribution >= 0.6 is 0 Å². The highest BCUT2D eigenvalue weighted by atomic mass is 19.1. The predicted molar refractivity (Wildman–Crippen MR) is 173 cm³/mol. The fourth-order valence-corrected chi connectivity index (χ4v) is 4.25. The van der Waals surface area contributed by atoms with Gasteiger partial charge in [0.25, 0.3) is 5.91 Å². The van der Waals surface area contributed by atoms with Crippen LogP contribution in [0.2, 0.25) is 0 Å². The Morgan fingerprint density at radius 3 is 2.22 bits per heavy atom. The van der Waals surface area contributed by atoms with Gasteiger partial charge < -0.3 is 45.9 Å². The molecule has 4 rings (SSSR count). The molecule has 0 unspecified atom stereocenters. The maximum absolute atomic E-state index is 13.4. The first-order valence-corrected chi connectivity index (χ1v) is 14.7. The van der Waals surface area contributed by atoms with Crippen LogP contribution in [-0.4, -0.2) is 74.6 Å². The van der Waals surface area contributed by atoms with E-state index in [4.69, 9.17) is 24.7 Å². The van der Waals surface area contributed by atoms with E-state index in [1.165, 1.54) is 12.1 Å². The lowest BCUT2D eigenvalue weighted by atomic mass is 10.2. The Labute approximate surface area is 267 Å². The lowest BCUT2D eigenvalue weighted by molar-refractivity contribution is 0.0511. The number of para-hydroxylation sites is 1. The molecular formula is C32H39FN8O5. The summed E-state index contributed by atoms with van der Waals surface area (Å²) >= 11 is 0. The molecule has 0 aliphatic carbocycles. The second-order valence-corrected chi connectivity index (χ2v) is 9.77. The third-order valence-electron chi connectivity index (χ3n) is 6.47. The SMILES string of the molecule is COc1cccc(CNc2nc(NCc3ccc(F)cc3)nc(Nc3cccc(C(=O)NCCOCCOCCN)c3)n2)c1OC. The molecule has 0 fully saturated rings. The first-order chi connectivity index (χ1) is 22.5. The predicted octanol–water partition coefficient (Wildman–Crippen LogP) is 3.72. The summed E-state index contributed by atoms with van der Waals surface area (Å²) in [6.45, 7) is 3.21. The van der Waals surface area contributed by atoms with Crippen LogP contribution in [0.15, 0.2) is 66.7 Å². The van der Waals surface area contributed by atoms with Crippen molar-refractivity contribution in [2.45, 2.75) is 13.1 Å². The monoisotopic (exact) mass is 634 g/mol. The minimum Gasteiger partial charge on any atom is -0.493 e. The van der Waals surface area contributed by atoms with E-state index in [1.807, 2.05) is 18.2 Å². The van der Waals surface area contributed by atoms with Gasteiger partial charge in [-0.25, -0.2) is 4.39 Å². The molecule has 0 saturated carbocycles. The van der Waals surface area contributed by atoms with Crippen molar-refractivity contribution in [3.05, 3.63) is 89.2 Å². The number of hydrogen-bond donors (Lipinski definition) is 5. The highest BCUT2D eigenvalue weighted by Gasteiger charge is 2.13. The van der Waals surface area contributed by atoms with Crippen molar-refractivity contribution >= 4 is 29.4 Å². The summed E-state index contributed by atoms with van der Waals surface area (Å²) in [5.41, 5.74) is 8.10. The van der Waals surface area contributed by atoms with Gasteiger partial charge in [0, 0.05) is 43.0 Å². The molecular weight excluding hydrogens is 595 g/mol. The molecule has 14 heteroatoms. The van der Waals surface area contributed by atoms with Gasteiger partial charge in [-0.15, -0.1) is 0 Å². The first kappa shape index (κ1) is 33.8. The highest BCUT2D eigenvalue weighted by Crippen LogP contribution is 2.31. The smallest absolute Gasteiger partial charge is 0.251 e. The number of nitrogens with two attached hydrogens (primary N) is 1. The highest BCUT2D eigenvalue weighted by molar-refractivity contribution is 5.95. The zero-order valence-electron chi connectivity index (χ0n) is 25.8. The van der Waals surface area contributed by atoms with Crippen LogP contribution in [0.25, 0.3) is 0 Å². The third-order valence-corrected chi connectivity index (χ3v) is 6.47. The molecule has 6 N–H and O–H groups in total. The van der Waals surface area contributed by atoms with Crippen LogP contribution in [0.4, 0.5) is 27.9 Å². The van der Waals surface area contributed by atoms with Crippen LogP contribution in [0, 0.1) is 5.82 Å². The number of aromatic nitrogens is 3. The van der Waals surface area contributed by atoms with Gasteiger partial charge in [-0.2, -0.15) is 15.0 Å². The van der Waals surface area contributed by atoms with Crippen LogP contribution in [0.5, 0.6) is 11.5 Å². The Balaban J connectivity index is 1.44. The molecule has 4 aromatic rings. The minimum atomic E-state index is -0.316. The van der Waals surface area contributed by atoms with Crippen LogP contribution < -0.4 is 36.5 Å². The number of carbonyl (C=O) groups excluding carboxylic acids is 1. The molecule has 13 nitrogen and oxygen atoms in total. The molecule has 0 spiro atoms. The molecule has 46 heavy (non-hydrogen) atoms. The Kier molecular flexibility index (Phi) is 13.3. The van der Waals surface area contributed by atoms with Crippen molar-refractivity contribution in [3.8, 4) is 11.5 Å². The summed E-state index contributed by atoms with van der Waals surface area (Å²) in [5, 5.41) is 12.4. The summed E-state index contributed by atoms with van der Waals surface area (Å²) in [6.07, 6.45) is 0. The average Bonchev–Trinajstić information content (AvgIpc) is 3.08. The molecule has 0 aliphatic heterocycles. The maximum atomic E-state index is 13.4. The third kappa shape index (κ3) is 10.5. The molecule has 3 aromatic carbocycles. The molecule has 0 bridgehead atoms. The Hall–Kier alpha value is -5.05. The number of benzene rings is 3. The Morgan fingerprint density at radius 1 is 0.804 bits per heavy atom. The Bertz CT molecular complexity index is 1540. The van der Waals surface area contributed by atoms with Crippen LogP contribution in [0.3, 0.4) is 0 Å². The van der Waals surface area contributed by atoms with E-state index in [9.17, 15) is 9.18 Å². The van der Waals surface area contributed by atoms with Crippen molar-refractivity contribution in [3.63, 3.8) is 0 Å². The van der Waals surface area contributed by atoms with E-state index < -0.39 is 0 Å². The summed E-state index contributed by atoms with van der Waals surface area (Å²) in [5.74, 6) is 1.43. The zero-order valence-corrected chi connectivity index (χ0v) is 25.8. The number of ether oxygens (including phenoxy) is 4. The van der Waals surface area contributed by atoms with Gasteiger partial charge in [0.05, 0.1) is 40.6 Å². The molecule has 1 aromatic heterocycles. The molecule has 0 radical (unpaired) electrons. The summed E-state index contributed by atoms with van der Waals surface area (Å²) in [4.78, 5) is 26.3. The van der Waals surface area contributed by atoms with Crippen molar-refractivity contribution in [2.24, 2.45) is 5.73 Å². The lowest BCUT2D eigenvalue weighted by Gasteiger charge is -2.14. The van der Waals surface area contributed by atoms with E-state index in [1.54, 1.807) is 50.6 Å². The molecule has 0 aliphatic rings. The van der Waals surface area contributed by atoms with Gasteiger partial charge in [-0.05, 0) is 42.0 Å². The lowest BCUT2D eigenvalue weighted by Crippen LogP contribution is -2.27. The summed E-state index contributed by atoms with van der Waals surface area (Å²) in [7, 11) is 3.15. The van der Waals surface area contributed by atoms with Crippen LogP contribution in [-0.2, 0) is 22.6 Å². The van der Waals surface area contributed by atoms with E-state index in [0.717, 1.165) is 11.1 Å². The number of methoxy groups -OCH3 is 2. The average molecular weight is 635 g/mol. The number of hydrogen-bond acceptors (Lipinski definition) is 12. The first-order valence-electron chi connectivity index (χ1n) is 14.7. The largest absolute Gasteiger partial charge is 0.493 e. The second kappa shape index (κ2) is 18.0. The normalized spacial score (nSPS) is 10.7. The number of nitrogens with one attached hydrogen (secondary N) is 4.